The Balaban J connectivity index is 0. The SMILES string of the molecule is CC1CCCCC1.CCCCCC.CO. The zero-order valence-electron chi connectivity index (χ0n) is 11.4. The molecule has 0 bridgehead atoms. The Bertz CT molecular complexity index is 81.3. The lowest BCUT2D eigenvalue weighted by atomic mass is 9.91. The summed E-state index contributed by atoms with van der Waals surface area (Å²) in [6.07, 6.45) is 13.0. The molecule has 94 valence electrons. The van der Waals surface area contributed by atoms with Crippen LogP contribution in [0.3, 0.4) is 0 Å². The van der Waals surface area contributed by atoms with E-state index in [2.05, 4.69) is 20.8 Å². The number of hydrogen-bond acceptors (Lipinski definition) is 1. The van der Waals surface area contributed by atoms with E-state index in [1.165, 1.54) is 57.8 Å². The molecule has 1 fully saturated rings. The molecule has 0 aromatic heterocycles. The average Bonchev–Trinajstić information content (AvgIpc) is 2.31. The molecule has 0 amide bonds. The van der Waals surface area contributed by atoms with Crippen molar-refractivity contribution < 1.29 is 5.11 Å². The molecule has 0 radical (unpaired) electrons. The van der Waals surface area contributed by atoms with Crippen LogP contribution >= 0.6 is 0 Å². The molecule has 0 heterocycles. The Hall–Kier alpha value is -0.0400. The largest absolute Gasteiger partial charge is 0.400 e. The van der Waals surface area contributed by atoms with Crippen LogP contribution in [0.4, 0.5) is 0 Å². The maximum atomic E-state index is 7.00. The van der Waals surface area contributed by atoms with E-state index < -0.39 is 0 Å². The predicted molar refractivity (Wildman–Crippen MR) is 70.2 cm³/mol. The third-order valence-corrected chi connectivity index (χ3v) is 2.85. The van der Waals surface area contributed by atoms with Gasteiger partial charge in [-0.15, -0.1) is 0 Å². The van der Waals surface area contributed by atoms with E-state index in [1.807, 2.05) is 0 Å². The minimum atomic E-state index is 1.00. The molecule has 1 heteroatoms. The molecular weight excluding hydrogens is 184 g/mol. The van der Waals surface area contributed by atoms with E-state index in [9.17, 15) is 0 Å². The van der Waals surface area contributed by atoms with Gasteiger partial charge in [0.05, 0.1) is 0 Å². The van der Waals surface area contributed by atoms with Gasteiger partial charge in [0.15, 0.2) is 0 Å². The lowest BCUT2D eigenvalue weighted by Crippen LogP contribution is -1.99. The van der Waals surface area contributed by atoms with Gasteiger partial charge < -0.3 is 5.11 Å². The van der Waals surface area contributed by atoms with Crippen LogP contribution in [0.5, 0.6) is 0 Å². The number of aliphatic hydroxyl groups excluding tert-OH is 1. The molecular formula is C14H32O. The summed E-state index contributed by atoms with van der Waals surface area (Å²) < 4.78 is 0. The van der Waals surface area contributed by atoms with Crippen LogP contribution in [0.25, 0.3) is 0 Å². The summed E-state index contributed by atoms with van der Waals surface area (Å²) >= 11 is 0. The summed E-state index contributed by atoms with van der Waals surface area (Å²) in [5.74, 6) is 1.04. The highest BCUT2D eigenvalue weighted by Gasteiger charge is 2.05. The van der Waals surface area contributed by atoms with Crippen LogP contribution in [0.2, 0.25) is 0 Å². The molecule has 15 heavy (non-hydrogen) atoms. The molecule has 1 aliphatic rings. The Morgan fingerprint density at radius 2 is 1.27 bits per heavy atom. The van der Waals surface area contributed by atoms with E-state index >= 15 is 0 Å². The molecule has 0 saturated heterocycles. The summed E-state index contributed by atoms with van der Waals surface area (Å²) in [5, 5.41) is 7.00. The van der Waals surface area contributed by atoms with Crippen LogP contribution < -0.4 is 0 Å². The lowest BCUT2D eigenvalue weighted by Gasteiger charge is -2.15. The molecule has 1 rings (SSSR count). The maximum Gasteiger partial charge on any atom is 0.0319 e. The Morgan fingerprint density at radius 1 is 0.867 bits per heavy atom. The van der Waals surface area contributed by atoms with Crippen molar-refractivity contribution in [2.24, 2.45) is 5.92 Å². The molecule has 0 spiro atoms. The first-order valence-electron chi connectivity index (χ1n) is 6.76. The van der Waals surface area contributed by atoms with Crippen molar-refractivity contribution >= 4 is 0 Å². The van der Waals surface area contributed by atoms with Gasteiger partial charge in [0.25, 0.3) is 0 Å². The fourth-order valence-electron chi connectivity index (χ4n) is 1.81. The maximum absolute atomic E-state index is 7.00. The summed E-state index contributed by atoms with van der Waals surface area (Å²) in [4.78, 5) is 0. The first kappa shape index (κ1) is 17.4. The molecule has 1 saturated carbocycles. The fourth-order valence-corrected chi connectivity index (χ4v) is 1.81. The van der Waals surface area contributed by atoms with Crippen molar-refractivity contribution in [2.45, 2.75) is 78.6 Å². The summed E-state index contributed by atoms with van der Waals surface area (Å²) in [7, 11) is 1.00. The summed E-state index contributed by atoms with van der Waals surface area (Å²) in [6.45, 7) is 6.82. The topological polar surface area (TPSA) is 20.2 Å². The standard InChI is InChI=1S/C7H14.C6H14.CH4O/c1-7-5-3-2-4-6-7;1-3-5-6-4-2;1-2/h7H,2-6H2,1H3;3-6H2,1-2H3;2H,1H3. The van der Waals surface area contributed by atoms with Gasteiger partial charge in [-0.2, -0.15) is 0 Å². The van der Waals surface area contributed by atoms with Crippen molar-refractivity contribution in [2.75, 3.05) is 7.11 Å². The minimum Gasteiger partial charge on any atom is -0.400 e. The van der Waals surface area contributed by atoms with Gasteiger partial charge in [0.2, 0.25) is 0 Å². The second-order valence-electron chi connectivity index (χ2n) is 4.45. The van der Waals surface area contributed by atoms with Crippen molar-refractivity contribution in [1.82, 2.24) is 0 Å². The van der Waals surface area contributed by atoms with Crippen molar-refractivity contribution in [3.05, 3.63) is 0 Å². The van der Waals surface area contributed by atoms with E-state index in [0.717, 1.165) is 13.0 Å². The first-order chi connectivity index (χ1) is 7.31. The predicted octanol–water partition coefficient (Wildman–Crippen LogP) is 4.78. The molecule has 1 nitrogen and oxygen atoms in total. The van der Waals surface area contributed by atoms with Crippen molar-refractivity contribution in [1.29, 1.82) is 0 Å². The fraction of sp³-hybridized carbons (Fsp3) is 1.00. The molecule has 0 aromatic rings. The average molecular weight is 216 g/mol. The Morgan fingerprint density at radius 3 is 1.47 bits per heavy atom. The Kier molecular flexibility index (Phi) is 19.0. The van der Waals surface area contributed by atoms with Crippen LogP contribution in [0, 0.1) is 5.92 Å². The highest BCUT2D eigenvalue weighted by atomic mass is 16.2. The van der Waals surface area contributed by atoms with Crippen molar-refractivity contribution in [3.8, 4) is 0 Å². The molecule has 0 atom stereocenters. The molecule has 0 aromatic carbocycles. The molecule has 0 unspecified atom stereocenters. The van der Waals surface area contributed by atoms with Gasteiger partial charge >= 0.3 is 0 Å². The quantitative estimate of drug-likeness (QED) is 0.673. The van der Waals surface area contributed by atoms with Gasteiger partial charge in [0, 0.05) is 7.11 Å². The molecule has 0 aliphatic heterocycles. The van der Waals surface area contributed by atoms with E-state index in [-0.39, 0.29) is 0 Å². The number of aliphatic hydroxyl groups is 1. The third-order valence-electron chi connectivity index (χ3n) is 2.85. The second-order valence-corrected chi connectivity index (χ2v) is 4.45. The highest BCUT2D eigenvalue weighted by Crippen LogP contribution is 2.22. The van der Waals surface area contributed by atoms with Crippen LogP contribution in [-0.4, -0.2) is 12.2 Å². The van der Waals surface area contributed by atoms with Crippen LogP contribution in [0.1, 0.15) is 78.6 Å². The second kappa shape index (κ2) is 16.4. The van der Waals surface area contributed by atoms with Gasteiger partial charge in [-0.25, -0.2) is 0 Å². The van der Waals surface area contributed by atoms with E-state index in [1.54, 1.807) is 0 Å². The monoisotopic (exact) mass is 216 g/mol. The third kappa shape index (κ3) is 16.6. The van der Waals surface area contributed by atoms with Gasteiger partial charge in [-0.05, 0) is 5.92 Å². The number of hydrogen-bond donors (Lipinski definition) is 1. The lowest BCUT2D eigenvalue weighted by molar-refractivity contribution is 0.385. The van der Waals surface area contributed by atoms with Crippen molar-refractivity contribution in [3.63, 3.8) is 0 Å². The van der Waals surface area contributed by atoms with Crippen LogP contribution in [0.15, 0.2) is 0 Å². The number of unbranched alkanes of at least 4 members (excludes halogenated alkanes) is 3. The normalized spacial score (nSPS) is 15.8. The van der Waals surface area contributed by atoms with Gasteiger partial charge in [-0.1, -0.05) is 78.6 Å². The van der Waals surface area contributed by atoms with Gasteiger partial charge in [-0.3, -0.25) is 0 Å². The van der Waals surface area contributed by atoms with Gasteiger partial charge in [0.1, 0.15) is 0 Å². The summed E-state index contributed by atoms with van der Waals surface area (Å²) in [5.41, 5.74) is 0. The van der Waals surface area contributed by atoms with E-state index in [0.29, 0.717) is 0 Å². The summed E-state index contributed by atoms with van der Waals surface area (Å²) in [6, 6.07) is 0. The smallest absolute Gasteiger partial charge is 0.0319 e. The zero-order valence-corrected chi connectivity index (χ0v) is 11.4. The first-order valence-corrected chi connectivity index (χ1v) is 6.76. The number of rotatable bonds is 3. The molecule has 1 aliphatic carbocycles. The molecule has 1 N–H and O–H groups in total. The Labute approximate surface area is 97.3 Å². The zero-order chi connectivity index (χ0) is 11.9. The highest BCUT2D eigenvalue weighted by molar-refractivity contribution is 4.59. The van der Waals surface area contributed by atoms with Crippen LogP contribution in [-0.2, 0) is 0 Å². The minimum absolute atomic E-state index is 1.00. The van der Waals surface area contributed by atoms with E-state index in [4.69, 9.17) is 5.11 Å².